The molecule has 0 radical (unpaired) electrons. The van der Waals surface area contributed by atoms with Crippen molar-refractivity contribution in [2.75, 3.05) is 19.0 Å². The minimum absolute atomic E-state index is 0.0899. The second kappa shape index (κ2) is 7.87. The van der Waals surface area contributed by atoms with E-state index in [1.165, 1.54) is 4.90 Å². The number of aliphatic carboxylic acids is 1. The average molecular weight is 359 g/mol. The average Bonchev–Trinajstić information content (AvgIpc) is 2.37. The molecule has 0 unspecified atom stereocenters. The molecule has 21 heavy (non-hydrogen) atoms. The summed E-state index contributed by atoms with van der Waals surface area (Å²) < 4.78 is 5.91. The summed E-state index contributed by atoms with van der Waals surface area (Å²) in [6, 6.07) is 4.78. The number of carbonyl (C=O) groups is 2. The first kappa shape index (κ1) is 17.3. The Labute approximate surface area is 132 Å². The fourth-order valence-corrected chi connectivity index (χ4v) is 2.23. The quantitative estimate of drug-likeness (QED) is 0.818. The molecule has 0 aliphatic rings. The SMILES string of the molecule is COc1cc(Br)cc(NC(=O)N(CCC(=O)O)C(C)C)c1. The van der Waals surface area contributed by atoms with E-state index in [1.807, 2.05) is 13.8 Å². The minimum Gasteiger partial charge on any atom is -0.497 e. The monoisotopic (exact) mass is 358 g/mol. The lowest BCUT2D eigenvalue weighted by atomic mass is 10.3. The van der Waals surface area contributed by atoms with Crippen molar-refractivity contribution in [3.05, 3.63) is 22.7 Å². The third kappa shape index (κ3) is 5.63. The first-order valence-electron chi connectivity index (χ1n) is 6.47. The number of benzene rings is 1. The van der Waals surface area contributed by atoms with Crippen LogP contribution >= 0.6 is 15.9 Å². The van der Waals surface area contributed by atoms with Gasteiger partial charge in [0.05, 0.1) is 13.5 Å². The van der Waals surface area contributed by atoms with E-state index in [1.54, 1.807) is 25.3 Å². The minimum atomic E-state index is -0.933. The molecule has 0 saturated carbocycles. The summed E-state index contributed by atoms with van der Waals surface area (Å²) >= 11 is 3.34. The van der Waals surface area contributed by atoms with Gasteiger partial charge in [-0.1, -0.05) is 15.9 Å². The maximum Gasteiger partial charge on any atom is 0.322 e. The third-order valence-corrected chi connectivity index (χ3v) is 3.27. The number of urea groups is 1. The van der Waals surface area contributed by atoms with Crippen molar-refractivity contribution in [1.82, 2.24) is 4.90 Å². The zero-order valence-electron chi connectivity index (χ0n) is 12.2. The molecule has 0 aliphatic heterocycles. The molecule has 0 aliphatic carbocycles. The van der Waals surface area contributed by atoms with Crippen LogP contribution in [0.25, 0.3) is 0 Å². The largest absolute Gasteiger partial charge is 0.497 e. The van der Waals surface area contributed by atoms with E-state index >= 15 is 0 Å². The van der Waals surface area contributed by atoms with Gasteiger partial charge in [-0.05, 0) is 26.0 Å². The molecule has 0 fully saturated rings. The normalized spacial score (nSPS) is 10.3. The summed E-state index contributed by atoms with van der Waals surface area (Å²) in [5.41, 5.74) is 0.576. The van der Waals surface area contributed by atoms with Gasteiger partial charge >= 0.3 is 12.0 Å². The molecule has 0 heterocycles. The van der Waals surface area contributed by atoms with Crippen LogP contribution in [0, 0.1) is 0 Å². The van der Waals surface area contributed by atoms with E-state index in [0.717, 1.165) is 4.47 Å². The predicted molar refractivity (Wildman–Crippen MR) is 83.8 cm³/mol. The van der Waals surface area contributed by atoms with E-state index in [0.29, 0.717) is 11.4 Å². The van der Waals surface area contributed by atoms with Crippen molar-refractivity contribution in [1.29, 1.82) is 0 Å². The van der Waals surface area contributed by atoms with Crippen LogP contribution in [0.5, 0.6) is 5.75 Å². The van der Waals surface area contributed by atoms with Gasteiger partial charge in [-0.2, -0.15) is 0 Å². The van der Waals surface area contributed by atoms with Gasteiger partial charge < -0.3 is 20.1 Å². The van der Waals surface area contributed by atoms with Crippen molar-refractivity contribution < 1.29 is 19.4 Å². The first-order valence-corrected chi connectivity index (χ1v) is 7.26. The van der Waals surface area contributed by atoms with Crippen LogP contribution < -0.4 is 10.1 Å². The zero-order chi connectivity index (χ0) is 16.0. The van der Waals surface area contributed by atoms with E-state index in [-0.39, 0.29) is 25.0 Å². The molecule has 6 nitrogen and oxygen atoms in total. The number of hydrogen-bond acceptors (Lipinski definition) is 3. The van der Waals surface area contributed by atoms with Crippen LogP contribution in [0.1, 0.15) is 20.3 Å². The number of rotatable bonds is 6. The van der Waals surface area contributed by atoms with Gasteiger partial charge in [0.25, 0.3) is 0 Å². The van der Waals surface area contributed by atoms with Crippen molar-refractivity contribution in [2.24, 2.45) is 0 Å². The molecule has 1 rings (SSSR count). The lowest BCUT2D eigenvalue weighted by Gasteiger charge is -2.26. The predicted octanol–water partition coefficient (Wildman–Crippen LogP) is 3.17. The molecule has 0 spiro atoms. The molecule has 1 aromatic carbocycles. The lowest BCUT2D eigenvalue weighted by molar-refractivity contribution is -0.137. The second-order valence-electron chi connectivity index (χ2n) is 4.74. The number of carboxylic acid groups (broad SMARTS) is 1. The van der Waals surface area contributed by atoms with Crippen molar-refractivity contribution in [2.45, 2.75) is 26.3 Å². The Balaban J connectivity index is 2.81. The molecule has 116 valence electrons. The van der Waals surface area contributed by atoms with Crippen LogP contribution in [-0.4, -0.2) is 41.7 Å². The van der Waals surface area contributed by atoms with E-state index < -0.39 is 5.97 Å². The van der Waals surface area contributed by atoms with Gasteiger partial charge in [-0.3, -0.25) is 4.79 Å². The maximum absolute atomic E-state index is 12.2. The molecule has 2 amide bonds. The highest BCUT2D eigenvalue weighted by Gasteiger charge is 2.18. The number of hydrogen-bond donors (Lipinski definition) is 2. The van der Waals surface area contributed by atoms with E-state index in [9.17, 15) is 9.59 Å². The highest BCUT2D eigenvalue weighted by atomic mass is 79.9. The van der Waals surface area contributed by atoms with Crippen LogP contribution in [0.15, 0.2) is 22.7 Å². The second-order valence-corrected chi connectivity index (χ2v) is 5.66. The molecule has 0 aromatic heterocycles. The molecular formula is C14H19BrN2O4. The summed E-state index contributed by atoms with van der Waals surface area (Å²) in [5, 5.41) is 11.5. The Morgan fingerprint density at radius 2 is 2.05 bits per heavy atom. The van der Waals surface area contributed by atoms with Crippen LogP contribution in [-0.2, 0) is 4.79 Å². The number of methoxy groups -OCH3 is 1. The molecule has 2 N–H and O–H groups in total. The fourth-order valence-electron chi connectivity index (χ4n) is 1.76. The smallest absolute Gasteiger partial charge is 0.322 e. The highest BCUT2D eigenvalue weighted by molar-refractivity contribution is 9.10. The van der Waals surface area contributed by atoms with Crippen molar-refractivity contribution in [3.8, 4) is 5.75 Å². The van der Waals surface area contributed by atoms with E-state index in [4.69, 9.17) is 9.84 Å². The number of nitrogens with zero attached hydrogens (tertiary/aromatic N) is 1. The Hall–Kier alpha value is -1.76. The molecule has 1 aromatic rings. The molecule has 0 bridgehead atoms. The molecule has 7 heteroatoms. The van der Waals surface area contributed by atoms with Gasteiger partial charge in [-0.25, -0.2) is 4.79 Å². The molecule has 0 atom stereocenters. The Morgan fingerprint density at radius 3 is 2.57 bits per heavy atom. The first-order chi connectivity index (χ1) is 9.83. The summed E-state index contributed by atoms with van der Waals surface area (Å²) in [6.45, 7) is 3.83. The van der Waals surface area contributed by atoms with Crippen LogP contribution in [0.3, 0.4) is 0 Å². The number of carbonyl (C=O) groups excluding carboxylic acids is 1. The number of halogens is 1. The van der Waals surface area contributed by atoms with Crippen molar-refractivity contribution in [3.63, 3.8) is 0 Å². The number of anilines is 1. The van der Waals surface area contributed by atoms with Gasteiger partial charge in [0.15, 0.2) is 0 Å². The summed E-state index contributed by atoms with van der Waals surface area (Å²) in [6.07, 6.45) is -0.0899. The summed E-state index contributed by atoms with van der Waals surface area (Å²) in [4.78, 5) is 24.4. The van der Waals surface area contributed by atoms with E-state index in [2.05, 4.69) is 21.2 Å². The van der Waals surface area contributed by atoms with Gasteiger partial charge in [-0.15, -0.1) is 0 Å². The zero-order valence-corrected chi connectivity index (χ0v) is 13.8. The number of carboxylic acids is 1. The molecular weight excluding hydrogens is 340 g/mol. The van der Waals surface area contributed by atoms with Gasteiger partial charge in [0, 0.05) is 28.8 Å². The van der Waals surface area contributed by atoms with Crippen molar-refractivity contribution >= 4 is 33.6 Å². The molecule has 0 saturated heterocycles. The van der Waals surface area contributed by atoms with Gasteiger partial charge in [0.2, 0.25) is 0 Å². The lowest BCUT2D eigenvalue weighted by Crippen LogP contribution is -2.41. The topological polar surface area (TPSA) is 78.9 Å². The Bertz CT molecular complexity index is 520. The number of amides is 2. The Kier molecular flexibility index (Phi) is 6.48. The summed E-state index contributed by atoms with van der Waals surface area (Å²) in [7, 11) is 1.54. The number of ether oxygens (including phenoxy) is 1. The number of nitrogens with one attached hydrogen (secondary N) is 1. The van der Waals surface area contributed by atoms with Crippen LogP contribution in [0.4, 0.5) is 10.5 Å². The van der Waals surface area contributed by atoms with Gasteiger partial charge in [0.1, 0.15) is 5.75 Å². The maximum atomic E-state index is 12.2. The standard InChI is InChI=1S/C14H19BrN2O4/c1-9(2)17(5-4-13(18)19)14(20)16-11-6-10(15)7-12(8-11)21-3/h6-9H,4-5H2,1-3H3,(H,16,20)(H,18,19). The fraction of sp³-hybridized carbons (Fsp3) is 0.429. The highest BCUT2D eigenvalue weighted by Crippen LogP contribution is 2.24. The Morgan fingerprint density at radius 1 is 1.38 bits per heavy atom. The third-order valence-electron chi connectivity index (χ3n) is 2.81. The van der Waals surface area contributed by atoms with Crippen LogP contribution in [0.2, 0.25) is 0 Å². The summed E-state index contributed by atoms with van der Waals surface area (Å²) in [5.74, 6) is -0.320.